The molecule has 1 radical (unpaired) electrons. The first-order valence-corrected chi connectivity index (χ1v) is 8.85. The number of aliphatic imine (C=N–C) groups is 1. The van der Waals surface area contributed by atoms with Crippen molar-refractivity contribution in [2.75, 3.05) is 6.54 Å². The van der Waals surface area contributed by atoms with Crippen LogP contribution in [0, 0.1) is 12.8 Å². The first kappa shape index (κ1) is 17.3. The molecule has 6 nitrogen and oxygen atoms in total. The highest BCUT2D eigenvalue weighted by Crippen LogP contribution is 2.31. The fourth-order valence-corrected chi connectivity index (χ4v) is 3.98. The number of fused-ring (bicyclic) bond motifs is 1. The molecule has 3 rings (SSSR count). The molecule has 127 valence electrons. The molecule has 3 N–H and O–H groups in total. The fraction of sp³-hybridized carbons (Fsp3) is 0.500. The summed E-state index contributed by atoms with van der Waals surface area (Å²) in [4.78, 5) is 15.4. The van der Waals surface area contributed by atoms with Crippen LogP contribution in [0.25, 0.3) is 0 Å². The lowest BCUT2D eigenvalue weighted by Crippen LogP contribution is -2.34. The lowest BCUT2D eigenvalue weighted by atomic mass is 9.84. The second-order valence-corrected chi connectivity index (χ2v) is 7.17. The number of nitrogens with zero attached hydrogens (tertiary/aromatic N) is 1. The summed E-state index contributed by atoms with van der Waals surface area (Å²) in [6.45, 7) is 4.72. The SMILES string of the molecule is CCC1CN=C(Oc2cc(C)c3c(c2)[B]OC3CC(=O)O)SC1N. The van der Waals surface area contributed by atoms with Crippen molar-refractivity contribution >= 4 is 35.9 Å². The first-order chi connectivity index (χ1) is 11.5. The molecule has 1 aromatic rings. The minimum atomic E-state index is -0.881. The van der Waals surface area contributed by atoms with E-state index in [0.29, 0.717) is 23.4 Å². The number of aliphatic carboxylic acids is 1. The van der Waals surface area contributed by atoms with Gasteiger partial charge >= 0.3 is 13.5 Å². The molecule has 2 aliphatic heterocycles. The Balaban J connectivity index is 1.76. The second kappa shape index (κ2) is 7.17. The summed E-state index contributed by atoms with van der Waals surface area (Å²) in [5.41, 5.74) is 8.85. The van der Waals surface area contributed by atoms with Crippen LogP contribution >= 0.6 is 11.8 Å². The second-order valence-electron chi connectivity index (χ2n) is 6.04. The standard InChI is InChI=1S/C16H20BN2O4S/c1-3-9-7-19-16(24-15(9)18)22-10-4-8(2)14-11(5-10)17-23-12(14)6-13(20)21/h4-5,9,12,15H,3,6-7,18H2,1-2H3,(H,20,21). The maximum atomic E-state index is 10.9. The van der Waals surface area contributed by atoms with Crippen molar-refractivity contribution in [3.8, 4) is 5.75 Å². The van der Waals surface area contributed by atoms with Crippen LogP contribution < -0.4 is 15.9 Å². The summed E-state index contributed by atoms with van der Waals surface area (Å²) >= 11 is 1.45. The van der Waals surface area contributed by atoms with Gasteiger partial charge < -0.3 is 20.2 Å². The smallest absolute Gasteiger partial charge is 0.331 e. The highest BCUT2D eigenvalue weighted by atomic mass is 32.2. The maximum Gasteiger partial charge on any atom is 0.331 e. The molecule has 0 aromatic heterocycles. The van der Waals surface area contributed by atoms with Gasteiger partial charge in [0.25, 0.3) is 5.23 Å². The molecule has 8 heteroatoms. The van der Waals surface area contributed by atoms with Crippen LogP contribution in [-0.2, 0) is 9.45 Å². The number of hydrogen-bond donors (Lipinski definition) is 2. The van der Waals surface area contributed by atoms with Crippen molar-refractivity contribution in [3.63, 3.8) is 0 Å². The Kier molecular flexibility index (Phi) is 5.17. The molecule has 2 aliphatic rings. The molecule has 24 heavy (non-hydrogen) atoms. The number of rotatable bonds is 4. The van der Waals surface area contributed by atoms with Gasteiger partial charge in [-0.1, -0.05) is 6.92 Å². The third kappa shape index (κ3) is 3.60. The van der Waals surface area contributed by atoms with E-state index in [1.54, 1.807) is 7.48 Å². The number of hydrogen-bond acceptors (Lipinski definition) is 6. The number of thioether (sulfide) groups is 1. The molecule has 0 saturated heterocycles. The van der Waals surface area contributed by atoms with Gasteiger partial charge in [-0.25, -0.2) is 4.99 Å². The monoisotopic (exact) mass is 347 g/mol. The molecule has 0 amide bonds. The highest BCUT2D eigenvalue weighted by molar-refractivity contribution is 8.14. The topological polar surface area (TPSA) is 94.1 Å². The highest BCUT2D eigenvalue weighted by Gasteiger charge is 2.30. The van der Waals surface area contributed by atoms with E-state index in [4.69, 9.17) is 20.2 Å². The average molecular weight is 347 g/mol. The molecule has 1 aromatic carbocycles. The van der Waals surface area contributed by atoms with Gasteiger partial charge in [0.05, 0.1) is 17.9 Å². The Morgan fingerprint density at radius 3 is 3.04 bits per heavy atom. The van der Waals surface area contributed by atoms with Crippen LogP contribution in [0.3, 0.4) is 0 Å². The number of carboxylic acid groups (broad SMARTS) is 1. The van der Waals surface area contributed by atoms with Crippen molar-refractivity contribution in [1.82, 2.24) is 0 Å². The number of nitrogens with two attached hydrogens (primary N) is 1. The van der Waals surface area contributed by atoms with E-state index in [9.17, 15) is 4.79 Å². The minimum Gasteiger partial charge on any atom is -0.481 e. The summed E-state index contributed by atoms with van der Waals surface area (Å²) in [7, 11) is 1.59. The number of ether oxygens (including phenoxy) is 1. The molecule has 2 heterocycles. The average Bonchev–Trinajstić information content (AvgIpc) is 2.90. The number of benzene rings is 1. The van der Waals surface area contributed by atoms with Gasteiger partial charge in [-0.15, -0.1) is 0 Å². The van der Waals surface area contributed by atoms with Crippen LogP contribution in [0.4, 0.5) is 0 Å². The van der Waals surface area contributed by atoms with Crippen LogP contribution in [0.15, 0.2) is 17.1 Å². The van der Waals surface area contributed by atoms with Gasteiger partial charge in [0.15, 0.2) is 0 Å². The first-order valence-electron chi connectivity index (χ1n) is 7.97. The van der Waals surface area contributed by atoms with Gasteiger partial charge in [0.2, 0.25) is 0 Å². The van der Waals surface area contributed by atoms with Crippen molar-refractivity contribution in [2.45, 2.75) is 38.2 Å². The number of carboxylic acids is 1. The van der Waals surface area contributed by atoms with E-state index >= 15 is 0 Å². The summed E-state index contributed by atoms with van der Waals surface area (Å²) in [6, 6.07) is 3.74. The molecule has 0 aliphatic carbocycles. The molecule has 0 spiro atoms. The summed E-state index contributed by atoms with van der Waals surface area (Å²) in [5.74, 6) is 0.159. The largest absolute Gasteiger partial charge is 0.481 e. The van der Waals surface area contributed by atoms with Crippen LogP contribution in [0.2, 0.25) is 0 Å². The summed E-state index contributed by atoms with van der Waals surface area (Å²) in [6.07, 6.45) is 0.507. The third-order valence-corrected chi connectivity index (χ3v) is 5.39. The summed E-state index contributed by atoms with van der Waals surface area (Å²) in [5, 5.41) is 9.55. The Hall–Kier alpha value is -1.51. The Bertz CT molecular complexity index is 682. The van der Waals surface area contributed by atoms with Gasteiger partial charge in [-0.3, -0.25) is 4.79 Å². The minimum absolute atomic E-state index is 0.00660. The van der Waals surface area contributed by atoms with Crippen molar-refractivity contribution in [1.29, 1.82) is 0 Å². The van der Waals surface area contributed by atoms with E-state index in [-0.39, 0.29) is 11.8 Å². The van der Waals surface area contributed by atoms with Gasteiger partial charge in [-0.2, -0.15) is 0 Å². The predicted molar refractivity (Wildman–Crippen MR) is 94.9 cm³/mol. The zero-order chi connectivity index (χ0) is 17.3. The molecule has 0 bridgehead atoms. The van der Waals surface area contributed by atoms with Crippen LogP contribution in [-0.4, -0.2) is 35.7 Å². The number of aryl methyl sites for hydroxylation is 1. The molecular formula is C16H20BN2O4S. The quantitative estimate of drug-likeness (QED) is 0.803. The number of carbonyl (C=O) groups is 1. The lowest BCUT2D eigenvalue weighted by Gasteiger charge is -2.25. The Labute approximate surface area is 146 Å². The normalized spacial score (nSPS) is 25.6. The van der Waals surface area contributed by atoms with Crippen LogP contribution in [0.5, 0.6) is 5.75 Å². The predicted octanol–water partition coefficient (Wildman–Crippen LogP) is 1.58. The van der Waals surface area contributed by atoms with E-state index in [2.05, 4.69) is 11.9 Å². The zero-order valence-corrected chi connectivity index (χ0v) is 14.5. The fourth-order valence-electron chi connectivity index (χ4n) is 2.98. The van der Waals surface area contributed by atoms with Crippen molar-refractivity contribution in [3.05, 3.63) is 23.3 Å². The van der Waals surface area contributed by atoms with Crippen molar-refractivity contribution < 1.29 is 19.3 Å². The zero-order valence-electron chi connectivity index (χ0n) is 13.7. The van der Waals surface area contributed by atoms with E-state index < -0.39 is 12.1 Å². The van der Waals surface area contributed by atoms with Crippen molar-refractivity contribution in [2.24, 2.45) is 16.6 Å². The molecule has 3 atom stereocenters. The van der Waals surface area contributed by atoms with E-state index in [1.807, 2.05) is 19.1 Å². The molecule has 3 unspecified atom stereocenters. The maximum absolute atomic E-state index is 10.9. The third-order valence-electron chi connectivity index (χ3n) is 4.32. The summed E-state index contributed by atoms with van der Waals surface area (Å²) < 4.78 is 11.4. The lowest BCUT2D eigenvalue weighted by molar-refractivity contribution is -0.138. The Morgan fingerprint density at radius 1 is 1.58 bits per heavy atom. The van der Waals surface area contributed by atoms with Gasteiger partial charge in [-0.05, 0) is 53.8 Å². The Morgan fingerprint density at radius 2 is 2.38 bits per heavy atom. The van der Waals surface area contributed by atoms with E-state index in [0.717, 1.165) is 23.0 Å². The van der Waals surface area contributed by atoms with Gasteiger partial charge in [0, 0.05) is 12.5 Å². The van der Waals surface area contributed by atoms with E-state index in [1.165, 1.54) is 11.8 Å². The molecular weight excluding hydrogens is 327 g/mol. The van der Waals surface area contributed by atoms with Gasteiger partial charge in [0.1, 0.15) is 5.75 Å². The molecule has 0 fully saturated rings. The molecule has 0 saturated carbocycles. The van der Waals surface area contributed by atoms with Crippen LogP contribution in [0.1, 0.15) is 37.0 Å².